The summed E-state index contributed by atoms with van der Waals surface area (Å²) >= 11 is 0. The van der Waals surface area contributed by atoms with Crippen molar-refractivity contribution >= 4 is 11.9 Å². The number of rotatable bonds is 29. The Balaban J connectivity index is 3.19. The number of hydrogen-bond donors (Lipinski definition) is 0. The summed E-state index contributed by atoms with van der Waals surface area (Å²) in [5.41, 5.74) is 0. The highest BCUT2D eigenvalue weighted by Crippen LogP contribution is 2.15. The van der Waals surface area contributed by atoms with Crippen LogP contribution in [-0.4, -0.2) is 25.2 Å². The van der Waals surface area contributed by atoms with Gasteiger partial charge in [-0.25, -0.2) is 0 Å². The molecule has 0 heterocycles. The van der Waals surface area contributed by atoms with E-state index in [1.165, 1.54) is 89.9 Å². The van der Waals surface area contributed by atoms with Crippen LogP contribution in [0.3, 0.4) is 0 Å². The second-order valence-electron chi connectivity index (χ2n) is 12.4. The number of hydrogen-bond acceptors (Lipinski definition) is 4. The molecule has 0 amide bonds. The van der Waals surface area contributed by atoms with Crippen molar-refractivity contribution in [3.05, 3.63) is 0 Å². The van der Waals surface area contributed by atoms with Crippen LogP contribution in [0.15, 0.2) is 0 Å². The first kappa shape index (κ1) is 36.9. The number of esters is 2. The first-order valence-electron chi connectivity index (χ1n) is 16.7. The van der Waals surface area contributed by atoms with Crippen molar-refractivity contribution in [1.29, 1.82) is 0 Å². The standard InChI is InChI=1S/C34H66O4/c1-31(2)25-21-23-29-37-33(35)27-19-17-15-13-11-9-7-5-6-8-10-12-14-16-18-20-28-34(36)38-30-24-22-26-32(3)4/h31-32H,5-30H2,1-4H3. The zero-order valence-corrected chi connectivity index (χ0v) is 26.2. The average Bonchev–Trinajstić information content (AvgIpc) is 2.87. The summed E-state index contributed by atoms with van der Waals surface area (Å²) in [5.74, 6) is 1.47. The van der Waals surface area contributed by atoms with Crippen LogP contribution < -0.4 is 0 Å². The maximum atomic E-state index is 11.7. The van der Waals surface area contributed by atoms with E-state index in [-0.39, 0.29) is 11.9 Å². The van der Waals surface area contributed by atoms with E-state index in [9.17, 15) is 9.59 Å². The second-order valence-corrected chi connectivity index (χ2v) is 12.4. The molecule has 0 aliphatic rings. The maximum Gasteiger partial charge on any atom is 0.305 e. The van der Waals surface area contributed by atoms with E-state index in [2.05, 4.69) is 27.7 Å². The minimum atomic E-state index is -0.00490. The fourth-order valence-corrected chi connectivity index (χ4v) is 4.84. The van der Waals surface area contributed by atoms with Gasteiger partial charge >= 0.3 is 11.9 Å². The zero-order valence-electron chi connectivity index (χ0n) is 26.2. The molecule has 0 N–H and O–H groups in total. The Morgan fingerprint density at radius 3 is 0.921 bits per heavy atom. The van der Waals surface area contributed by atoms with Crippen LogP contribution in [-0.2, 0) is 19.1 Å². The van der Waals surface area contributed by atoms with E-state index >= 15 is 0 Å². The fraction of sp³-hybridized carbons (Fsp3) is 0.941. The molecular formula is C34H66O4. The predicted octanol–water partition coefficient (Wildman–Crippen LogP) is 10.7. The molecule has 0 aromatic carbocycles. The summed E-state index contributed by atoms with van der Waals surface area (Å²) in [6, 6.07) is 0. The lowest BCUT2D eigenvalue weighted by Crippen LogP contribution is -2.05. The Morgan fingerprint density at radius 1 is 0.395 bits per heavy atom. The number of carbonyl (C=O) groups is 2. The molecular weight excluding hydrogens is 472 g/mol. The molecule has 0 atom stereocenters. The van der Waals surface area contributed by atoms with Crippen LogP contribution >= 0.6 is 0 Å². The van der Waals surface area contributed by atoms with Crippen molar-refractivity contribution < 1.29 is 19.1 Å². The molecule has 0 saturated heterocycles. The van der Waals surface area contributed by atoms with Crippen LogP contribution in [0.5, 0.6) is 0 Å². The molecule has 0 spiro atoms. The van der Waals surface area contributed by atoms with Gasteiger partial charge in [0.05, 0.1) is 13.2 Å². The minimum absolute atomic E-state index is 0.00490. The molecule has 0 aromatic rings. The lowest BCUT2D eigenvalue weighted by Gasteiger charge is -2.06. The Labute approximate surface area is 237 Å². The average molecular weight is 539 g/mol. The Morgan fingerprint density at radius 2 is 0.658 bits per heavy atom. The van der Waals surface area contributed by atoms with Gasteiger partial charge < -0.3 is 9.47 Å². The minimum Gasteiger partial charge on any atom is -0.466 e. The van der Waals surface area contributed by atoms with Crippen LogP contribution in [0, 0.1) is 11.8 Å². The fourth-order valence-electron chi connectivity index (χ4n) is 4.84. The quantitative estimate of drug-likeness (QED) is 0.0702. The van der Waals surface area contributed by atoms with Gasteiger partial charge in [-0.15, -0.1) is 0 Å². The van der Waals surface area contributed by atoms with Crippen LogP contribution in [0.4, 0.5) is 0 Å². The van der Waals surface area contributed by atoms with Gasteiger partial charge in [0.1, 0.15) is 0 Å². The highest BCUT2D eigenvalue weighted by atomic mass is 16.5. The van der Waals surface area contributed by atoms with Crippen molar-refractivity contribution in [3.8, 4) is 0 Å². The van der Waals surface area contributed by atoms with Crippen molar-refractivity contribution in [1.82, 2.24) is 0 Å². The molecule has 0 bridgehead atoms. The Kier molecular flexibility index (Phi) is 28.1. The number of ether oxygens (including phenoxy) is 2. The molecule has 0 radical (unpaired) electrons. The van der Waals surface area contributed by atoms with Gasteiger partial charge in [-0.3, -0.25) is 9.59 Å². The van der Waals surface area contributed by atoms with Gasteiger partial charge in [-0.2, -0.15) is 0 Å². The molecule has 4 nitrogen and oxygen atoms in total. The Bertz CT molecular complexity index is 469. The molecule has 226 valence electrons. The van der Waals surface area contributed by atoms with E-state index < -0.39 is 0 Å². The zero-order chi connectivity index (χ0) is 28.1. The summed E-state index contributed by atoms with van der Waals surface area (Å²) < 4.78 is 10.7. The molecule has 0 fully saturated rings. The second kappa shape index (κ2) is 28.9. The van der Waals surface area contributed by atoms with Gasteiger partial charge in [0.2, 0.25) is 0 Å². The van der Waals surface area contributed by atoms with Gasteiger partial charge in [0, 0.05) is 12.8 Å². The maximum absolute atomic E-state index is 11.7. The monoisotopic (exact) mass is 538 g/mol. The molecule has 0 aliphatic heterocycles. The molecule has 0 aliphatic carbocycles. The van der Waals surface area contributed by atoms with Crippen LogP contribution in [0.2, 0.25) is 0 Å². The lowest BCUT2D eigenvalue weighted by atomic mass is 10.0. The first-order valence-corrected chi connectivity index (χ1v) is 16.7. The third-order valence-corrected chi connectivity index (χ3v) is 7.39. The van der Waals surface area contributed by atoms with Crippen molar-refractivity contribution in [2.45, 2.75) is 182 Å². The van der Waals surface area contributed by atoms with Crippen molar-refractivity contribution in [3.63, 3.8) is 0 Å². The summed E-state index contributed by atoms with van der Waals surface area (Å²) in [4.78, 5) is 23.5. The molecule has 0 rings (SSSR count). The normalized spacial score (nSPS) is 11.4. The molecule has 0 aromatic heterocycles. The predicted molar refractivity (Wildman–Crippen MR) is 162 cm³/mol. The third kappa shape index (κ3) is 31.2. The van der Waals surface area contributed by atoms with Gasteiger partial charge in [-0.1, -0.05) is 130 Å². The smallest absolute Gasteiger partial charge is 0.305 e. The van der Waals surface area contributed by atoms with Crippen molar-refractivity contribution in [2.75, 3.05) is 13.2 Å². The largest absolute Gasteiger partial charge is 0.466 e. The van der Waals surface area contributed by atoms with E-state index in [1.54, 1.807) is 0 Å². The third-order valence-electron chi connectivity index (χ3n) is 7.39. The summed E-state index contributed by atoms with van der Waals surface area (Å²) in [6.45, 7) is 10.1. The SMILES string of the molecule is CC(C)CCCCOC(=O)CCCCCCCCCCCCCCCCCCC(=O)OCCCCC(C)C. The molecule has 4 heteroatoms. The first-order chi connectivity index (χ1) is 18.4. The summed E-state index contributed by atoms with van der Waals surface area (Å²) in [7, 11) is 0. The van der Waals surface area contributed by atoms with E-state index in [0.717, 1.165) is 63.2 Å². The topological polar surface area (TPSA) is 52.6 Å². The van der Waals surface area contributed by atoms with E-state index in [4.69, 9.17) is 9.47 Å². The lowest BCUT2D eigenvalue weighted by molar-refractivity contribution is -0.144. The summed E-state index contributed by atoms with van der Waals surface area (Å²) in [6.07, 6.45) is 28.2. The van der Waals surface area contributed by atoms with Crippen molar-refractivity contribution in [2.24, 2.45) is 11.8 Å². The van der Waals surface area contributed by atoms with Gasteiger partial charge in [0.15, 0.2) is 0 Å². The van der Waals surface area contributed by atoms with Gasteiger partial charge in [0.25, 0.3) is 0 Å². The number of unbranched alkanes of at least 4 members (excludes halogenated alkanes) is 17. The van der Waals surface area contributed by atoms with E-state index in [1.807, 2.05) is 0 Å². The molecule has 0 unspecified atom stereocenters. The van der Waals surface area contributed by atoms with E-state index in [0.29, 0.717) is 26.1 Å². The van der Waals surface area contributed by atoms with Crippen LogP contribution in [0.1, 0.15) is 182 Å². The molecule has 38 heavy (non-hydrogen) atoms. The number of carbonyl (C=O) groups excluding carboxylic acids is 2. The van der Waals surface area contributed by atoms with Gasteiger partial charge in [-0.05, 0) is 50.4 Å². The highest BCUT2D eigenvalue weighted by molar-refractivity contribution is 5.69. The highest BCUT2D eigenvalue weighted by Gasteiger charge is 2.04. The Hall–Kier alpha value is -1.06. The summed E-state index contributed by atoms with van der Waals surface area (Å²) in [5, 5.41) is 0. The van der Waals surface area contributed by atoms with Crippen LogP contribution in [0.25, 0.3) is 0 Å². The molecule has 0 saturated carbocycles.